The number of hydrogen-bond acceptors (Lipinski definition) is 5. The van der Waals surface area contributed by atoms with Crippen LogP contribution in [0.2, 0.25) is 0 Å². The summed E-state index contributed by atoms with van der Waals surface area (Å²) in [5.74, 6) is 1.44. The summed E-state index contributed by atoms with van der Waals surface area (Å²) < 4.78 is 15.8. The number of ether oxygens (including phenoxy) is 3. The smallest absolute Gasteiger partial charge is 0.161 e. The molecule has 1 aromatic carbocycles. The highest BCUT2D eigenvalue weighted by atomic mass is 16.5. The standard InChI is InChI=1S/C19H31NO4/c1-5-6-8-17(21)15-20(11-7-12-22-2)14-16-9-10-18(23-3)19(13-16)24-4/h5,9-10,13,17,21H,1,6-8,11-12,14-15H2,2-4H3/t17-/m0/s1. The van der Waals surface area contributed by atoms with Crippen molar-refractivity contribution in [1.29, 1.82) is 0 Å². The van der Waals surface area contributed by atoms with Crippen LogP contribution in [0.1, 0.15) is 24.8 Å². The Morgan fingerprint density at radius 3 is 2.58 bits per heavy atom. The van der Waals surface area contributed by atoms with Crippen molar-refractivity contribution in [3.63, 3.8) is 0 Å². The molecular weight excluding hydrogens is 306 g/mol. The van der Waals surface area contributed by atoms with E-state index in [1.165, 1.54) is 0 Å². The third-order valence-corrected chi connectivity index (χ3v) is 3.85. The highest BCUT2D eigenvalue weighted by Gasteiger charge is 2.13. The van der Waals surface area contributed by atoms with Crippen molar-refractivity contribution >= 4 is 0 Å². The van der Waals surface area contributed by atoms with Gasteiger partial charge in [0.25, 0.3) is 0 Å². The van der Waals surface area contributed by atoms with Crippen LogP contribution in [-0.2, 0) is 11.3 Å². The zero-order valence-corrected chi connectivity index (χ0v) is 15.2. The SMILES string of the molecule is C=CCC[C@H](O)CN(CCCOC)Cc1ccc(OC)c(OC)c1. The predicted molar refractivity (Wildman–Crippen MR) is 96.8 cm³/mol. The second-order valence-corrected chi connectivity index (χ2v) is 5.79. The third-order valence-electron chi connectivity index (χ3n) is 3.85. The molecule has 1 atom stereocenters. The van der Waals surface area contributed by atoms with Gasteiger partial charge < -0.3 is 19.3 Å². The molecule has 0 amide bonds. The molecule has 0 radical (unpaired) electrons. The van der Waals surface area contributed by atoms with Gasteiger partial charge in [-0.1, -0.05) is 12.1 Å². The minimum atomic E-state index is -0.356. The van der Waals surface area contributed by atoms with Gasteiger partial charge in [0.2, 0.25) is 0 Å². The van der Waals surface area contributed by atoms with Crippen molar-refractivity contribution in [2.45, 2.75) is 31.9 Å². The Balaban J connectivity index is 2.73. The van der Waals surface area contributed by atoms with Crippen molar-refractivity contribution < 1.29 is 19.3 Å². The lowest BCUT2D eigenvalue weighted by Gasteiger charge is -2.25. The molecule has 24 heavy (non-hydrogen) atoms. The number of rotatable bonds is 13. The highest BCUT2D eigenvalue weighted by molar-refractivity contribution is 5.42. The van der Waals surface area contributed by atoms with Gasteiger partial charge in [0.05, 0.1) is 20.3 Å². The first kappa shape index (κ1) is 20.5. The lowest BCUT2D eigenvalue weighted by Crippen LogP contribution is -2.33. The number of hydrogen-bond donors (Lipinski definition) is 1. The molecule has 0 aliphatic rings. The monoisotopic (exact) mass is 337 g/mol. The summed E-state index contributed by atoms with van der Waals surface area (Å²) in [7, 11) is 4.97. The largest absolute Gasteiger partial charge is 0.493 e. The molecular formula is C19H31NO4. The molecule has 0 heterocycles. The summed E-state index contributed by atoms with van der Waals surface area (Å²) in [6.45, 7) is 6.67. The van der Waals surface area contributed by atoms with Gasteiger partial charge in [0.1, 0.15) is 0 Å². The molecule has 0 spiro atoms. The summed E-state index contributed by atoms with van der Waals surface area (Å²) in [5.41, 5.74) is 1.13. The van der Waals surface area contributed by atoms with E-state index < -0.39 is 0 Å². The Bertz CT molecular complexity index is 478. The predicted octanol–water partition coefficient (Wildman–Crippen LogP) is 2.87. The fraction of sp³-hybridized carbons (Fsp3) is 0.579. The van der Waals surface area contributed by atoms with Crippen LogP contribution in [0.15, 0.2) is 30.9 Å². The van der Waals surface area contributed by atoms with E-state index in [-0.39, 0.29) is 6.10 Å². The van der Waals surface area contributed by atoms with Crippen molar-refractivity contribution in [2.24, 2.45) is 0 Å². The van der Waals surface area contributed by atoms with E-state index in [1.54, 1.807) is 21.3 Å². The molecule has 5 nitrogen and oxygen atoms in total. The fourth-order valence-electron chi connectivity index (χ4n) is 2.60. The number of methoxy groups -OCH3 is 3. The van der Waals surface area contributed by atoms with Gasteiger partial charge in [0, 0.05) is 33.4 Å². The molecule has 0 aliphatic carbocycles. The molecule has 0 unspecified atom stereocenters. The van der Waals surface area contributed by atoms with E-state index in [1.807, 2.05) is 24.3 Å². The summed E-state index contributed by atoms with van der Waals surface area (Å²) in [4.78, 5) is 2.24. The topological polar surface area (TPSA) is 51.2 Å². The second-order valence-electron chi connectivity index (χ2n) is 5.79. The first-order chi connectivity index (χ1) is 11.6. The molecule has 1 rings (SSSR count). The van der Waals surface area contributed by atoms with Gasteiger partial charge in [0.15, 0.2) is 11.5 Å². The maximum atomic E-state index is 10.2. The Labute approximate surface area is 145 Å². The quantitative estimate of drug-likeness (QED) is 0.443. The summed E-state index contributed by atoms with van der Waals surface area (Å²) in [5, 5.41) is 10.2. The number of aliphatic hydroxyl groups is 1. The fourth-order valence-corrected chi connectivity index (χ4v) is 2.60. The van der Waals surface area contributed by atoms with Crippen LogP contribution in [0.25, 0.3) is 0 Å². The van der Waals surface area contributed by atoms with Crippen molar-refractivity contribution in [3.05, 3.63) is 36.4 Å². The van der Waals surface area contributed by atoms with Crippen molar-refractivity contribution in [3.8, 4) is 11.5 Å². The van der Waals surface area contributed by atoms with Crippen LogP contribution in [0, 0.1) is 0 Å². The average Bonchev–Trinajstić information content (AvgIpc) is 2.59. The van der Waals surface area contributed by atoms with Crippen molar-refractivity contribution in [1.82, 2.24) is 4.90 Å². The molecule has 0 fully saturated rings. The highest BCUT2D eigenvalue weighted by Crippen LogP contribution is 2.28. The molecule has 5 heteroatoms. The second kappa shape index (κ2) is 11.9. The maximum absolute atomic E-state index is 10.2. The van der Waals surface area contributed by atoms with E-state index in [9.17, 15) is 5.11 Å². The average molecular weight is 337 g/mol. The zero-order chi connectivity index (χ0) is 17.8. The molecule has 136 valence electrons. The van der Waals surface area contributed by atoms with Gasteiger partial charge in [-0.3, -0.25) is 4.90 Å². The molecule has 1 N–H and O–H groups in total. The Morgan fingerprint density at radius 2 is 1.96 bits per heavy atom. The number of nitrogens with zero attached hydrogens (tertiary/aromatic N) is 1. The first-order valence-electron chi connectivity index (χ1n) is 8.35. The minimum absolute atomic E-state index is 0.356. The van der Waals surface area contributed by atoms with Crippen molar-refractivity contribution in [2.75, 3.05) is 41.0 Å². The van der Waals surface area contributed by atoms with Gasteiger partial charge >= 0.3 is 0 Å². The van der Waals surface area contributed by atoms with E-state index in [2.05, 4.69) is 11.5 Å². The summed E-state index contributed by atoms with van der Waals surface area (Å²) >= 11 is 0. The number of aliphatic hydroxyl groups excluding tert-OH is 1. The van der Waals surface area contributed by atoms with Gasteiger partial charge in [-0.15, -0.1) is 6.58 Å². The van der Waals surface area contributed by atoms with E-state index in [4.69, 9.17) is 14.2 Å². The van der Waals surface area contributed by atoms with Crippen LogP contribution in [0.3, 0.4) is 0 Å². The van der Waals surface area contributed by atoms with Crippen LogP contribution < -0.4 is 9.47 Å². The summed E-state index contributed by atoms with van der Waals surface area (Å²) in [6, 6.07) is 5.93. The zero-order valence-electron chi connectivity index (χ0n) is 15.2. The molecule has 0 saturated heterocycles. The third kappa shape index (κ3) is 7.34. The summed E-state index contributed by atoms with van der Waals surface area (Å²) in [6.07, 6.45) is 3.97. The van der Waals surface area contributed by atoms with Gasteiger partial charge in [-0.05, 0) is 37.0 Å². The van der Waals surface area contributed by atoms with E-state index in [0.29, 0.717) is 13.2 Å². The Morgan fingerprint density at radius 1 is 1.21 bits per heavy atom. The lowest BCUT2D eigenvalue weighted by atomic mass is 10.1. The van der Waals surface area contributed by atoms with Gasteiger partial charge in [-0.2, -0.15) is 0 Å². The minimum Gasteiger partial charge on any atom is -0.493 e. The van der Waals surface area contributed by atoms with Crippen LogP contribution in [-0.4, -0.2) is 57.1 Å². The number of benzene rings is 1. The molecule has 0 bridgehead atoms. The van der Waals surface area contributed by atoms with Crippen LogP contribution in [0.5, 0.6) is 11.5 Å². The maximum Gasteiger partial charge on any atom is 0.161 e. The molecule has 1 aromatic rings. The lowest BCUT2D eigenvalue weighted by molar-refractivity contribution is 0.0941. The molecule has 0 aliphatic heterocycles. The van der Waals surface area contributed by atoms with E-state index >= 15 is 0 Å². The van der Waals surface area contributed by atoms with Crippen LogP contribution >= 0.6 is 0 Å². The Kier molecular flexibility index (Phi) is 10.2. The Hall–Kier alpha value is -1.56. The molecule has 0 saturated carbocycles. The molecule has 0 aromatic heterocycles. The first-order valence-corrected chi connectivity index (χ1v) is 8.35. The van der Waals surface area contributed by atoms with Gasteiger partial charge in [-0.25, -0.2) is 0 Å². The van der Waals surface area contributed by atoms with E-state index in [0.717, 1.165) is 49.4 Å². The normalized spacial score (nSPS) is 12.2. The van der Waals surface area contributed by atoms with Crippen LogP contribution in [0.4, 0.5) is 0 Å². The number of allylic oxidation sites excluding steroid dienone is 1.